The zero-order valence-electron chi connectivity index (χ0n) is 12.0. The quantitative estimate of drug-likeness (QED) is 0.776. The Morgan fingerprint density at radius 2 is 2.05 bits per heavy atom. The minimum absolute atomic E-state index is 0.0267. The van der Waals surface area contributed by atoms with E-state index < -0.39 is 21.3 Å². The van der Waals surface area contributed by atoms with Gasteiger partial charge in [0.1, 0.15) is 15.4 Å². The van der Waals surface area contributed by atoms with Crippen molar-refractivity contribution < 1.29 is 18.3 Å². The number of sulfone groups is 1. The van der Waals surface area contributed by atoms with E-state index in [1.807, 2.05) is 6.92 Å². The van der Waals surface area contributed by atoms with Crippen LogP contribution < -0.4 is 5.32 Å². The van der Waals surface area contributed by atoms with Crippen LogP contribution in [0.15, 0.2) is 0 Å². The maximum Gasteiger partial charge on any atom is 0.323 e. The molecule has 3 unspecified atom stereocenters. The average molecular weight is 291 g/mol. The highest BCUT2D eigenvalue weighted by atomic mass is 32.2. The molecule has 112 valence electrons. The van der Waals surface area contributed by atoms with Crippen LogP contribution in [0.2, 0.25) is 0 Å². The van der Waals surface area contributed by atoms with E-state index in [9.17, 15) is 18.3 Å². The van der Waals surface area contributed by atoms with Crippen molar-refractivity contribution in [1.29, 1.82) is 0 Å². The molecule has 0 bridgehead atoms. The Bertz CT molecular complexity index is 420. The van der Waals surface area contributed by atoms with Crippen molar-refractivity contribution in [2.24, 2.45) is 0 Å². The second kappa shape index (κ2) is 6.22. The molecule has 1 aliphatic rings. The van der Waals surface area contributed by atoms with Crippen molar-refractivity contribution in [1.82, 2.24) is 5.32 Å². The molecular formula is C13H25NO4S. The first-order chi connectivity index (χ1) is 8.69. The van der Waals surface area contributed by atoms with Gasteiger partial charge in [-0.2, -0.15) is 0 Å². The van der Waals surface area contributed by atoms with Crippen molar-refractivity contribution >= 4 is 15.8 Å². The molecule has 0 aliphatic heterocycles. The van der Waals surface area contributed by atoms with Gasteiger partial charge in [0.15, 0.2) is 0 Å². The summed E-state index contributed by atoms with van der Waals surface area (Å²) in [6.07, 6.45) is 5.47. The third-order valence-electron chi connectivity index (χ3n) is 3.98. The van der Waals surface area contributed by atoms with Crippen LogP contribution in [0.5, 0.6) is 0 Å². The van der Waals surface area contributed by atoms with E-state index in [1.165, 1.54) is 6.26 Å². The lowest BCUT2D eigenvalue weighted by molar-refractivity contribution is -0.145. The first kappa shape index (κ1) is 16.4. The lowest BCUT2D eigenvalue weighted by Crippen LogP contribution is -2.55. The van der Waals surface area contributed by atoms with Gasteiger partial charge < -0.3 is 5.11 Å². The van der Waals surface area contributed by atoms with Crippen molar-refractivity contribution in [2.45, 2.75) is 69.2 Å². The standard InChI is InChI=1S/C13H25NO4S/c1-4-8-13(2,12(15)16)14-10-6-5-7-11(9-10)19(3,17)18/h10-11,14H,4-9H2,1-3H3,(H,15,16). The summed E-state index contributed by atoms with van der Waals surface area (Å²) in [7, 11) is -3.03. The van der Waals surface area contributed by atoms with E-state index in [0.29, 0.717) is 19.3 Å². The number of hydrogen-bond acceptors (Lipinski definition) is 4. The summed E-state index contributed by atoms with van der Waals surface area (Å²) in [5.41, 5.74) is -0.960. The number of carboxylic acids is 1. The first-order valence-electron chi connectivity index (χ1n) is 6.89. The molecule has 2 N–H and O–H groups in total. The molecule has 1 fully saturated rings. The summed E-state index contributed by atoms with van der Waals surface area (Å²) < 4.78 is 23.2. The van der Waals surface area contributed by atoms with Gasteiger partial charge in [-0.1, -0.05) is 19.8 Å². The molecule has 0 aromatic rings. The Hall–Kier alpha value is -0.620. The van der Waals surface area contributed by atoms with Crippen molar-refractivity contribution in [3.63, 3.8) is 0 Å². The van der Waals surface area contributed by atoms with Crippen LogP contribution in [0.25, 0.3) is 0 Å². The fraction of sp³-hybridized carbons (Fsp3) is 0.923. The molecule has 3 atom stereocenters. The molecule has 1 aliphatic carbocycles. The zero-order valence-corrected chi connectivity index (χ0v) is 12.8. The number of carboxylic acid groups (broad SMARTS) is 1. The molecule has 5 nitrogen and oxygen atoms in total. The highest BCUT2D eigenvalue weighted by Gasteiger charge is 2.37. The third kappa shape index (κ3) is 4.45. The molecule has 1 rings (SSSR count). The van der Waals surface area contributed by atoms with Crippen molar-refractivity contribution in [3.05, 3.63) is 0 Å². The summed E-state index contributed by atoms with van der Waals surface area (Å²) in [6.45, 7) is 3.63. The monoisotopic (exact) mass is 291 g/mol. The number of aliphatic carboxylic acids is 1. The van der Waals surface area contributed by atoms with Gasteiger partial charge in [-0.05, 0) is 32.6 Å². The lowest BCUT2D eigenvalue weighted by Gasteiger charge is -2.35. The molecule has 0 heterocycles. The summed E-state index contributed by atoms with van der Waals surface area (Å²) in [6, 6.07) is -0.0267. The minimum atomic E-state index is -3.03. The fourth-order valence-electron chi connectivity index (χ4n) is 2.86. The highest BCUT2D eigenvalue weighted by Crippen LogP contribution is 2.26. The van der Waals surface area contributed by atoms with Gasteiger partial charge in [-0.25, -0.2) is 8.42 Å². The van der Waals surface area contributed by atoms with E-state index in [2.05, 4.69) is 5.32 Å². The smallest absolute Gasteiger partial charge is 0.323 e. The maximum atomic E-state index is 11.6. The van der Waals surface area contributed by atoms with E-state index in [1.54, 1.807) is 6.92 Å². The lowest BCUT2D eigenvalue weighted by atomic mass is 9.89. The van der Waals surface area contributed by atoms with Crippen LogP contribution >= 0.6 is 0 Å². The van der Waals surface area contributed by atoms with Gasteiger partial charge >= 0.3 is 5.97 Å². The van der Waals surface area contributed by atoms with Crippen LogP contribution in [0, 0.1) is 0 Å². The van der Waals surface area contributed by atoms with Crippen molar-refractivity contribution in [3.8, 4) is 0 Å². The van der Waals surface area contributed by atoms with E-state index in [-0.39, 0.29) is 11.3 Å². The number of nitrogens with one attached hydrogen (secondary N) is 1. The number of hydrogen-bond donors (Lipinski definition) is 2. The first-order valence-corrected chi connectivity index (χ1v) is 8.84. The van der Waals surface area contributed by atoms with E-state index in [4.69, 9.17) is 0 Å². The molecule has 0 saturated heterocycles. The van der Waals surface area contributed by atoms with Gasteiger partial charge in [0.05, 0.1) is 5.25 Å². The van der Waals surface area contributed by atoms with Gasteiger partial charge in [-0.3, -0.25) is 10.1 Å². The Morgan fingerprint density at radius 1 is 1.42 bits per heavy atom. The van der Waals surface area contributed by atoms with Crippen LogP contribution in [0.4, 0.5) is 0 Å². The summed E-state index contributed by atoms with van der Waals surface area (Å²) in [5, 5.41) is 12.2. The molecule has 0 spiro atoms. The van der Waals surface area contributed by atoms with Crippen LogP contribution in [-0.2, 0) is 14.6 Å². The Morgan fingerprint density at radius 3 is 2.53 bits per heavy atom. The van der Waals surface area contributed by atoms with Crippen LogP contribution in [0.3, 0.4) is 0 Å². The predicted molar refractivity (Wildman–Crippen MR) is 75.0 cm³/mol. The van der Waals surface area contributed by atoms with Gasteiger partial charge in [0, 0.05) is 12.3 Å². The average Bonchev–Trinajstić information content (AvgIpc) is 2.28. The second-order valence-corrected chi connectivity index (χ2v) is 8.17. The van der Waals surface area contributed by atoms with Gasteiger partial charge in [0.2, 0.25) is 0 Å². The molecule has 0 aromatic carbocycles. The summed E-state index contributed by atoms with van der Waals surface area (Å²) in [5.74, 6) is -0.865. The molecule has 6 heteroatoms. The number of rotatable bonds is 6. The fourth-order valence-corrected chi connectivity index (χ4v) is 4.03. The highest BCUT2D eigenvalue weighted by molar-refractivity contribution is 7.91. The van der Waals surface area contributed by atoms with Gasteiger partial charge in [0.25, 0.3) is 0 Å². The van der Waals surface area contributed by atoms with Crippen LogP contribution in [-0.4, -0.2) is 42.6 Å². The minimum Gasteiger partial charge on any atom is -0.480 e. The number of carbonyl (C=O) groups is 1. The normalized spacial score (nSPS) is 27.7. The molecular weight excluding hydrogens is 266 g/mol. The Kier molecular flexibility index (Phi) is 5.38. The van der Waals surface area contributed by atoms with E-state index in [0.717, 1.165) is 19.3 Å². The molecule has 1 saturated carbocycles. The third-order valence-corrected chi connectivity index (χ3v) is 5.62. The SMILES string of the molecule is CCCC(C)(NC1CCCC(S(C)(=O)=O)C1)C(=O)O. The van der Waals surface area contributed by atoms with Crippen LogP contribution in [0.1, 0.15) is 52.4 Å². The predicted octanol–water partition coefficient (Wildman–Crippen LogP) is 1.58. The molecule has 0 aromatic heterocycles. The Labute approximate surface area is 115 Å². The largest absolute Gasteiger partial charge is 0.480 e. The maximum absolute atomic E-state index is 11.6. The molecule has 0 amide bonds. The van der Waals surface area contributed by atoms with Gasteiger partial charge in [-0.15, -0.1) is 0 Å². The Balaban J connectivity index is 2.73. The molecule has 0 radical (unpaired) electrons. The second-order valence-electron chi connectivity index (χ2n) is 5.85. The zero-order chi connectivity index (χ0) is 14.7. The molecule has 19 heavy (non-hydrogen) atoms. The van der Waals surface area contributed by atoms with E-state index >= 15 is 0 Å². The summed E-state index contributed by atoms with van der Waals surface area (Å²) >= 11 is 0. The summed E-state index contributed by atoms with van der Waals surface area (Å²) in [4.78, 5) is 11.4. The van der Waals surface area contributed by atoms with Crippen molar-refractivity contribution in [2.75, 3.05) is 6.26 Å². The topological polar surface area (TPSA) is 83.5 Å².